The number of hydrogen-bond donors (Lipinski definition) is 2. The normalized spacial score (nSPS) is 11.6. The molecule has 3 N–H and O–H groups in total. The van der Waals surface area contributed by atoms with Crippen LogP contribution >= 0.6 is 15.9 Å². The van der Waals surface area contributed by atoms with Crippen LogP contribution in [0.5, 0.6) is 5.75 Å². The number of oxime groups is 1. The first-order valence-corrected chi connectivity index (χ1v) is 6.86. The van der Waals surface area contributed by atoms with Gasteiger partial charge in [-0.3, -0.25) is 0 Å². The molecule has 0 bridgehead atoms. The number of aryl methyl sites for hydroxylation is 1. The SMILES string of the molecule is N/C(=N/O)c1cc(Br)ccc1OCCCn1ccnc1. The Morgan fingerprint density at radius 2 is 2.35 bits per heavy atom. The highest BCUT2D eigenvalue weighted by molar-refractivity contribution is 9.10. The van der Waals surface area contributed by atoms with E-state index in [9.17, 15) is 0 Å². The fraction of sp³-hybridized carbons (Fsp3) is 0.231. The molecule has 106 valence electrons. The van der Waals surface area contributed by atoms with E-state index in [4.69, 9.17) is 15.7 Å². The lowest BCUT2D eigenvalue weighted by Crippen LogP contribution is -2.15. The molecule has 0 saturated heterocycles. The predicted molar refractivity (Wildman–Crippen MR) is 79.0 cm³/mol. The molecule has 0 fully saturated rings. The molecule has 2 aromatic rings. The Kier molecular flexibility index (Phi) is 5.00. The van der Waals surface area contributed by atoms with Crippen molar-refractivity contribution in [2.45, 2.75) is 13.0 Å². The minimum Gasteiger partial charge on any atom is -0.493 e. The van der Waals surface area contributed by atoms with Crippen LogP contribution in [0, 0.1) is 0 Å². The average molecular weight is 339 g/mol. The molecule has 2 rings (SSSR count). The molecule has 0 aliphatic carbocycles. The average Bonchev–Trinajstić information content (AvgIpc) is 2.97. The third-order valence-electron chi connectivity index (χ3n) is 2.70. The third-order valence-corrected chi connectivity index (χ3v) is 3.20. The van der Waals surface area contributed by atoms with Gasteiger partial charge < -0.3 is 20.2 Å². The maximum atomic E-state index is 8.78. The summed E-state index contributed by atoms with van der Waals surface area (Å²) in [6.45, 7) is 1.36. The van der Waals surface area contributed by atoms with E-state index in [0.717, 1.165) is 17.4 Å². The first-order valence-electron chi connectivity index (χ1n) is 6.06. The molecule has 0 saturated carbocycles. The van der Waals surface area contributed by atoms with Crippen LogP contribution in [-0.4, -0.2) is 27.2 Å². The van der Waals surface area contributed by atoms with Gasteiger partial charge in [0.25, 0.3) is 0 Å². The van der Waals surface area contributed by atoms with E-state index in [2.05, 4.69) is 26.1 Å². The van der Waals surface area contributed by atoms with Crippen molar-refractivity contribution >= 4 is 21.8 Å². The minimum atomic E-state index is 0.0240. The zero-order valence-corrected chi connectivity index (χ0v) is 12.3. The second-order valence-corrected chi connectivity index (χ2v) is 5.04. The van der Waals surface area contributed by atoms with Gasteiger partial charge in [-0.15, -0.1) is 0 Å². The lowest BCUT2D eigenvalue weighted by atomic mass is 10.2. The van der Waals surface area contributed by atoms with E-state index in [-0.39, 0.29) is 5.84 Å². The van der Waals surface area contributed by atoms with Gasteiger partial charge in [-0.2, -0.15) is 0 Å². The molecule has 20 heavy (non-hydrogen) atoms. The van der Waals surface area contributed by atoms with Gasteiger partial charge in [0.15, 0.2) is 5.84 Å². The first-order chi connectivity index (χ1) is 9.70. The Morgan fingerprint density at radius 3 is 3.05 bits per heavy atom. The van der Waals surface area contributed by atoms with Crippen LogP contribution in [0.15, 0.2) is 46.5 Å². The van der Waals surface area contributed by atoms with Crippen LogP contribution in [0.1, 0.15) is 12.0 Å². The number of nitrogens with zero attached hydrogens (tertiary/aromatic N) is 3. The van der Waals surface area contributed by atoms with E-state index < -0.39 is 0 Å². The Labute approximate surface area is 125 Å². The van der Waals surface area contributed by atoms with Crippen LogP contribution in [0.2, 0.25) is 0 Å². The summed E-state index contributed by atoms with van der Waals surface area (Å²) in [6.07, 6.45) is 6.25. The highest BCUT2D eigenvalue weighted by Gasteiger charge is 2.09. The van der Waals surface area contributed by atoms with E-state index in [1.165, 1.54) is 0 Å². The number of amidine groups is 1. The number of nitrogens with two attached hydrogens (primary N) is 1. The van der Waals surface area contributed by atoms with Gasteiger partial charge in [-0.1, -0.05) is 21.1 Å². The van der Waals surface area contributed by atoms with E-state index in [1.807, 2.05) is 16.8 Å². The molecule has 0 spiro atoms. The largest absolute Gasteiger partial charge is 0.493 e. The summed E-state index contributed by atoms with van der Waals surface area (Å²) in [5.41, 5.74) is 6.19. The van der Waals surface area contributed by atoms with Crippen molar-refractivity contribution in [3.63, 3.8) is 0 Å². The van der Waals surface area contributed by atoms with Gasteiger partial charge in [0, 0.05) is 23.4 Å². The summed E-state index contributed by atoms with van der Waals surface area (Å²) in [5, 5.41) is 11.8. The summed E-state index contributed by atoms with van der Waals surface area (Å²) in [5.74, 6) is 0.616. The summed E-state index contributed by atoms with van der Waals surface area (Å²) in [6, 6.07) is 5.38. The molecule has 0 amide bonds. The molecule has 7 heteroatoms. The summed E-state index contributed by atoms with van der Waals surface area (Å²) in [7, 11) is 0. The molecule has 1 heterocycles. The van der Waals surface area contributed by atoms with Gasteiger partial charge in [0.05, 0.1) is 18.5 Å². The van der Waals surface area contributed by atoms with Gasteiger partial charge >= 0.3 is 0 Å². The molecule has 0 aliphatic heterocycles. The molecule has 0 atom stereocenters. The van der Waals surface area contributed by atoms with Gasteiger partial charge in [0.2, 0.25) is 0 Å². The Balaban J connectivity index is 1.95. The lowest BCUT2D eigenvalue weighted by molar-refractivity contribution is 0.299. The number of imidazole rings is 1. The molecule has 1 aromatic carbocycles. The Morgan fingerprint density at radius 1 is 1.50 bits per heavy atom. The van der Waals surface area contributed by atoms with Crippen molar-refractivity contribution in [3.05, 3.63) is 47.0 Å². The van der Waals surface area contributed by atoms with Crippen molar-refractivity contribution in [2.24, 2.45) is 10.9 Å². The standard InChI is InChI=1S/C13H15BrN4O2/c14-10-2-3-12(11(8-10)13(15)17-19)20-7-1-5-18-6-4-16-9-18/h2-4,6,8-9,19H,1,5,7H2,(H2,15,17). The molecule has 0 unspecified atom stereocenters. The highest BCUT2D eigenvalue weighted by Crippen LogP contribution is 2.23. The number of halogens is 1. The van der Waals surface area contributed by atoms with Gasteiger partial charge in [0.1, 0.15) is 5.75 Å². The van der Waals surface area contributed by atoms with Crippen LogP contribution in [0.4, 0.5) is 0 Å². The first kappa shape index (κ1) is 14.4. The van der Waals surface area contributed by atoms with Crippen LogP contribution in [0.25, 0.3) is 0 Å². The number of benzene rings is 1. The number of hydrogen-bond acceptors (Lipinski definition) is 4. The number of rotatable bonds is 6. The van der Waals surface area contributed by atoms with E-state index >= 15 is 0 Å². The summed E-state index contributed by atoms with van der Waals surface area (Å²) in [4.78, 5) is 3.97. The molecule has 0 radical (unpaired) electrons. The molecule has 6 nitrogen and oxygen atoms in total. The number of ether oxygens (including phenoxy) is 1. The van der Waals surface area contributed by atoms with Crippen LogP contribution < -0.4 is 10.5 Å². The fourth-order valence-corrected chi connectivity index (χ4v) is 2.09. The third kappa shape index (κ3) is 3.74. The van der Waals surface area contributed by atoms with Crippen molar-refractivity contribution in [1.29, 1.82) is 0 Å². The monoisotopic (exact) mass is 338 g/mol. The molecular weight excluding hydrogens is 324 g/mol. The zero-order valence-electron chi connectivity index (χ0n) is 10.7. The van der Waals surface area contributed by atoms with Gasteiger partial charge in [-0.25, -0.2) is 4.98 Å². The molecular formula is C13H15BrN4O2. The van der Waals surface area contributed by atoms with E-state index in [0.29, 0.717) is 17.9 Å². The minimum absolute atomic E-state index is 0.0240. The van der Waals surface area contributed by atoms with Crippen molar-refractivity contribution in [1.82, 2.24) is 9.55 Å². The second kappa shape index (κ2) is 6.95. The maximum absolute atomic E-state index is 8.78. The number of aromatic nitrogens is 2. The summed E-state index contributed by atoms with van der Waals surface area (Å²) < 4.78 is 8.51. The quantitative estimate of drug-likeness (QED) is 0.278. The van der Waals surface area contributed by atoms with Crippen LogP contribution in [-0.2, 0) is 6.54 Å². The molecule has 0 aliphatic rings. The van der Waals surface area contributed by atoms with Crippen molar-refractivity contribution in [3.8, 4) is 5.75 Å². The molecule has 1 aromatic heterocycles. The second-order valence-electron chi connectivity index (χ2n) is 4.13. The smallest absolute Gasteiger partial charge is 0.173 e. The zero-order chi connectivity index (χ0) is 14.4. The maximum Gasteiger partial charge on any atom is 0.173 e. The van der Waals surface area contributed by atoms with Crippen molar-refractivity contribution in [2.75, 3.05) is 6.61 Å². The van der Waals surface area contributed by atoms with E-state index in [1.54, 1.807) is 24.7 Å². The van der Waals surface area contributed by atoms with Gasteiger partial charge in [-0.05, 0) is 24.6 Å². The fourth-order valence-electron chi connectivity index (χ4n) is 1.73. The summed E-state index contributed by atoms with van der Waals surface area (Å²) >= 11 is 3.34. The highest BCUT2D eigenvalue weighted by atomic mass is 79.9. The predicted octanol–water partition coefficient (Wildman–Crippen LogP) is 2.21. The topological polar surface area (TPSA) is 85.7 Å². The van der Waals surface area contributed by atoms with Crippen molar-refractivity contribution < 1.29 is 9.94 Å². The lowest BCUT2D eigenvalue weighted by Gasteiger charge is -2.11. The Bertz CT molecular complexity index is 584. The van der Waals surface area contributed by atoms with Crippen LogP contribution in [0.3, 0.4) is 0 Å². The Hall–Kier alpha value is -2.02.